The van der Waals surface area contributed by atoms with Gasteiger partial charge in [0.15, 0.2) is 0 Å². The normalized spacial score (nSPS) is 12.5. The van der Waals surface area contributed by atoms with E-state index in [-0.39, 0.29) is 29.9 Å². The monoisotopic (exact) mass is 534 g/mol. The van der Waals surface area contributed by atoms with Crippen LogP contribution in [-0.4, -0.2) is 34.0 Å². The molecule has 0 aliphatic heterocycles. The number of methoxy groups -OCH3 is 1. The maximum absolute atomic E-state index is 15.1. The van der Waals surface area contributed by atoms with E-state index in [0.29, 0.717) is 20.7 Å². The molecule has 3 aromatic carbocycles. The van der Waals surface area contributed by atoms with Gasteiger partial charge in [0, 0.05) is 24.6 Å². The van der Waals surface area contributed by atoms with Gasteiger partial charge in [0.2, 0.25) is 11.0 Å². The average molecular weight is 535 g/mol. The van der Waals surface area contributed by atoms with E-state index in [9.17, 15) is 17.4 Å². The zero-order valence-corrected chi connectivity index (χ0v) is 20.3. The van der Waals surface area contributed by atoms with Crippen LogP contribution in [0.2, 0.25) is 0 Å². The fraction of sp³-hybridized carbons (Fsp3) is 0.192. The first-order chi connectivity index (χ1) is 17.5. The Kier molecular flexibility index (Phi) is 7.34. The van der Waals surface area contributed by atoms with E-state index in [0.717, 1.165) is 23.8 Å². The zero-order chi connectivity index (χ0) is 26.9. The number of aromatic nitrogens is 1. The van der Waals surface area contributed by atoms with Crippen molar-refractivity contribution in [2.45, 2.75) is 12.4 Å². The summed E-state index contributed by atoms with van der Waals surface area (Å²) >= 11 is 0. The van der Waals surface area contributed by atoms with Crippen molar-refractivity contribution in [2.75, 3.05) is 20.3 Å². The molecule has 0 saturated carbocycles. The molecule has 0 fully saturated rings. The highest BCUT2D eigenvalue weighted by molar-refractivity contribution is 7.84. The van der Waals surface area contributed by atoms with Crippen LogP contribution < -0.4 is 4.74 Å². The minimum absolute atomic E-state index is 0.00458. The molecule has 0 aliphatic carbocycles. The largest absolute Gasteiger partial charge is 0.491 e. The summed E-state index contributed by atoms with van der Waals surface area (Å²) in [7, 11) is -2.23. The van der Waals surface area contributed by atoms with Crippen LogP contribution >= 0.6 is 0 Å². The highest BCUT2D eigenvalue weighted by Gasteiger charge is 2.41. The van der Waals surface area contributed by atoms with Crippen LogP contribution in [0.1, 0.15) is 11.1 Å². The van der Waals surface area contributed by atoms with Crippen molar-refractivity contribution in [3.8, 4) is 34.2 Å². The molecule has 0 amide bonds. The first kappa shape index (κ1) is 26.3. The molecule has 37 heavy (non-hydrogen) atoms. The molecule has 1 atom stereocenters. The molecular formula is C26H19F5N2O3S. The maximum atomic E-state index is 15.1. The number of hydrogen-bond donors (Lipinski definition) is 0. The van der Waals surface area contributed by atoms with Crippen molar-refractivity contribution < 1.29 is 35.6 Å². The van der Waals surface area contributed by atoms with Gasteiger partial charge in [-0.15, -0.1) is 0 Å². The van der Waals surface area contributed by atoms with E-state index in [4.69, 9.17) is 14.7 Å². The number of ether oxygens (including phenoxy) is 2. The van der Waals surface area contributed by atoms with Crippen LogP contribution in [0.3, 0.4) is 0 Å². The topological polar surface area (TPSA) is 64.2 Å². The van der Waals surface area contributed by atoms with Crippen molar-refractivity contribution in [1.82, 2.24) is 3.97 Å². The Bertz CT molecular complexity index is 1530. The summed E-state index contributed by atoms with van der Waals surface area (Å²) < 4.78 is 93.8. The van der Waals surface area contributed by atoms with Crippen LogP contribution in [0.4, 0.5) is 22.0 Å². The van der Waals surface area contributed by atoms with Crippen LogP contribution in [-0.2, 0) is 15.7 Å². The minimum Gasteiger partial charge on any atom is -0.491 e. The molecule has 0 bridgehead atoms. The Hall–Kier alpha value is -3.75. The van der Waals surface area contributed by atoms with Crippen molar-refractivity contribution in [1.29, 1.82) is 5.26 Å². The predicted octanol–water partition coefficient (Wildman–Crippen LogP) is 6.49. The lowest BCUT2D eigenvalue weighted by Gasteiger charge is -2.14. The number of alkyl halides is 3. The second-order valence-corrected chi connectivity index (χ2v) is 9.36. The number of rotatable bonds is 7. The van der Waals surface area contributed by atoms with Crippen molar-refractivity contribution in [2.24, 2.45) is 0 Å². The second-order valence-electron chi connectivity index (χ2n) is 8.04. The van der Waals surface area contributed by atoms with Gasteiger partial charge in [-0.3, -0.25) is 3.97 Å². The third-order valence-electron chi connectivity index (χ3n) is 5.62. The first-order valence-electron chi connectivity index (χ1n) is 10.8. The number of nitriles is 1. The lowest BCUT2D eigenvalue weighted by Crippen LogP contribution is -2.23. The fourth-order valence-electron chi connectivity index (χ4n) is 3.99. The molecule has 0 spiro atoms. The number of hydrogen-bond acceptors (Lipinski definition) is 4. The summed E-state index contributed by atoms with van der Waals surface area (Å²) in [6, 6.07) is 14.2. The molecule has 5 nitrogen and oxygen atoms in total. The molecule has 1 unspecified atom stereocenters. The average Bonchev–Trinajstić information content (AvgIpc) is 3.20. The van der Waals surface area contributed by atoms with E-state index in [1.807, 2.05) is 6.07 Å². The van der Waals surface area contributed by atoms with Gasteiger partial charge in [-0.1, -0.05) is 12.1 Å². The molecule has 11 heteroatoms. The molecule has 4 aromatic rings. The summed E-state index contributed by atoms with van der Waals surface area (Å²) in [4.78, 5) is 0. The molecule has 0 N–H and O–H groups in total. The molecule has 0 aliphatic rings. The summed E-state index contributed by atoms with van der Waals surface area (Å²) in [5.41, 5.74) is -4.14. The molecular weight excluding hydrogens is 515 g/mol. The SMILES string of the molecule is COCCOc1cc(F)c(-c2cc3cc(-c4ccc(C#N)cc4C)ccc3n2S(=O)C(F)(F)F)c(F)c1. The van der Waals surface area contributed by atoms with Gasteiger partial charge in [-0.25, -0.2) is 13.0 Å². The summed E-state index contributed by atoms with van der Waals surface area (Å²) in [5, 5.41) is 9.28. The third kappa shape index (κ3) is 5.21. The Morgan fingerprint density at radius 1 is 1.00 bits per heavy atom. The third-order valence-corrected chi connectivity index (χ3v) is 6.74. The van der Waals surface area contributed by atoms with Crippen LogP contribution in [0.5, 0.6) is 5.75 Å². The molecule has 1 heterocycles. The molecule has 192 valence electrons. The van der Waals surface area contributed by atoms with E-state index < -0.39 is 39.4 Å². The summed E-state index contributed by atoms with van der Waals surface area (Å²) in [5.74, 6) is -2.54. The Morgan fingerprint density at radius 2 is 1.70 bits per heavy atom. The van der Waals surface area contributed by atoms with Crippen LogP contribution in [0.25, 0.3) is 33.3 Å². The predicted molar refractivity (Wildman–Crippen MR) is 129 cm³/mol. The van der Waals surface area contributed by atoms with Gasteiger partial charge in [0.25, 0.3) is 0 Å². The van der Waals surface area contributed by atoms with Crippen molar-refractivity contribution >= 4 is 21.9 Å². The molecule has 1 aromatic heterocycles. The number of nitrogens with zero attached hydrogens (tertiary/aromatic N) is 2. The Balaban J connectivity index is 1.91. The fourth-order valence-corrected chi connectivity index (χ4v) is 4.87. The van der Waals surface area contributed by atoms with Crippen molar-refractivity contribution in [3.05, 3.63) is 77.4 Å². The highest BCUT2D eigenvalue weighted by atomic mass is 32.2. The molecule has 4 rings (SSSR count). The Morgan fingerprint density at radius 3 is 2.30 bits per heavy atom. The zero-order valence-electron chi connectivity index (χ0n) is 19.5. The van der Waals surface area contributed by atoms with E-state index in [1.54, 1.807) is 25.1 Å². The van der Waals surface area contributed by atoms with E-state index in [2.05, 4.69) is 0 Å². The Labute approximate surface area is 211 Å². The summed E-state index contributed by atoms with van der Waals surface area (Å²) in [6.07, 6.45) is 0. The second kappa shape index (κ2) is 10.3. The van der Waals surface area contributed by atoms with Gasteiger partial charge in [0.05, 0.1) is 35.0 Å². The van der Waals surface area contributed by atoms with Gasteiger partial charge in [-0.2, -0.15) is 18.4 Å². The van der Waals surface area contributed by atoms with Crippen LogP contribution in [0, 0.1) is 29.9 Å². The van der Waals surface area contributed by atoms with Crippen molar-refractivity contribution in [3.63, 3.8) is 0 Å². The van der Waals surface area contributed by atoms with Gasteiger partial charge >= 0.3 is 5.51 Å². The quantitative estimate of drug-likeness (QED) is 0.201. The lowest BCUT2D eigenvalue weighted by atomic mass is 9.98. The number of halogens is 5. The molecule has 0 saturated heterocycles. The van der Waals surface area contributed by atoms with E-state index >= 15 is 8.78 Å². The smallest absolute Gasteiger partial charge is 0.491 e. The minimum atomic E-state index is -5.20. The lowest BCUT2D eigenvalue weighted by molar-refractivity contribution is -0.0392. The maximum Gasteiger partial charge on any atom is 0.491 e. The van der Waals surface area contributed by atoms with Gasteiger partial charge < -0.3 is 9.47 Å². The molecule has 0 radical (unpaired) electrons. The standard InChI is InChI=1S/C26H19F5N2O3S/c1-15-9-16(14-32)3-5-20(15)17-4-6-23-18(10-17)11-24(33(23)37(34)26(29,30)31)25-21(27)12-19(13-22(25)28)36-8-7-35-2/h3-6,9-13H,7-8H2,1-2H3. The highest BCUT2D eigenvalue weighted by Crippen LogP contribution is 2.38. The van der Waals surface area contributed by atoms with Gasteiger partial charge in [0.1, 0.15) is 24.0 Å². The van der Waals surface area contributed by atoms with Gasteiger partial charge in [-0.05, 0) is 53.9 Å². The number of aryl methyl sites for hydroxylation is 1. The van der Waals surface area contributed by atoms with Crippen LogP contribution in [0.15, 0.2) is 54.6 Å². The number of benzene rings is 3. The van der Waals surface area contributed by atoms with E-state index in [1.165, 1.54) is 25.3 Å². The first-order valence-corrected chi connectivity index (χ1v) is 11.9. The summed E-state index contributed by atoms with van der Waals surface area (Å²) in [6.45, 7) is 1.94. The number of fused-ring (bicyclic) bond motifs is 1.